The van der Waals surface area contributed by atoms with Gasteiger partial charge in [-0.3, -0.25) is 14.6 Å². The zero-order chi connectivity index (χ0) is 34.3. The van der Waals surface area contributed by atoms with E-state index in [1.165, 1.54) is 11.1 Å². The van der Waals surface area contributed by atoms with Gasteiger partial charge < -0.3 is 9.58 Å². The summed E-state index contributed by atoms with van der Waals surface area (Å²) in [6, 6.07) is 13.7. The third-order valence-corrected chi connectivity index (χ3v) is 15.2. The Balaban J connectivity index is 1.40. The zero-order valence-electron chi connectivity index (χ0n) is 30.2. The summed E-state index contributed by atoms with van der Waals surface area (Å²) in [6.45, 7) is 24.9. The molecule has 2 aromatic rings. The van der Waals surface area contributed by atoms with E-state index in [1.54, 1.807) is 0 Å². The first-order chi connectivity index (χ1) is 22.6. The fourth-order valence-corrected chi connectivity index (χ4v) is 12.5. The number of Topliss-reactive ketones (excluding diaryl/α,β-unsaturated/α-hetero) is 1. The number of benzene rings is 1. The molecule has 2 unspecified atom stereocenters. The van der Waals surface area contributed by atoms with Crippen LogP contribution in [0.25, 0.3) is 10.4 Å². The highest BCUT2D eigenvalue weighted by Crippen LogP contribution is 2.77. The molecule has 0 amide bonds. The number of hydrogen-bond donors (Lipinski definition) is 0. The summed E-state index contributed by atoms with van der Waals surface area (Å²) >= 11 is 0. The summed E-state index contributed by atoms with van der Waals surface area (Å²) in [5, 5.41) is 0. The van der Waals surface area contributed by atoms with E-state index in [9.17, 15) is 9.59 Å². The highest BCUT2D eigenvalue weighted by molar-refractivity contribution is 5.92. The van der Waals surface area contributed by atoms with Crippen molar-refractivity contribution in [2.45, 2.75) is 119 Å². The maximum Gasteiger partial charge on any atom is 0.313 e. The zero-order valence-corrected chi connectivity index (χ0v) is 30.2. The predicted molar refractivity (Wildman–Crippen MR) is 189 cm³/mol. The lowest BCUT2D eigenvalue weighted by Gasteiger charge is -2.71. The van der Waals surface area contributed by atoms with Gasteiger partial charge in [-0.2, -0.15) is 0 Å². The van der Waals surface area contributed by atoms with E-state index in [0.29, 0.717) is 18.9 Å². The van der Waals surface area contributed by atoms with Gasteiger partial charge in [-0.05, 0) is 114 Å². The van der Waals surface area contributed by atoms with E-state index < -0.39 is 16.9 Å². The predicted octanol–water partition coefficient (Wildman–Crippen LogP) is 9.92. The number of fused-ring (bicyclic) bond motifs is 7. The third-order valence-electron chi connectivity index (χ3n) is 15.2. The molecule has 1 heterocycles. The van der Waals surface area contributed by atoms with E-state index in [2.05, 4.69) is 64.4 Å². The monoisotopic (exact) mass is 646 g/mol. The summed E-state index contributed by atoms with van der Waals surface area (Å²) < 4.78 is 6.29. The highest BCUT2D eigenvalue weighted by atomic mass is 16.5. The molecule has 5 aliphatic rings. The molecule has 8 atom stereocenters. The maximum atomic E-state index is 14.6. The quantitative estimate of drug-likeness (QED) is 0.245. The first-order valence-electron chi connectivity index (χ1n) is 18.4. The number of ketones is 1. The van der Waals surface area contributed by atoms with Crippen LogP contribution in [0.15, 0.2) is 60.4 Å². The van der Waals surface area contributed by atoms with Gasteiger partial charge in [-0.1, -0.05) is 90.4 Å². The van der Waals surface area contributed by atoms with Gasteiger partial charge in [0.05, 0.1) is 5.41 Å². The SMILES string of the molecule is [C-]#[N+]C1C[C@]2(C)C3CC(c4cccnc4)=C4[C@@H]5CC(C)(C)CC[C@]5(C(=O)OCc5ccccc5)CC[C@@]4(C)[C@]3(C)CC[C@H]2C(C)(C)C1=O. The van der Waals surface area contributed by atoms with Crippen LogP contribution in [0.3, 0.4) is 0 Å². The van der Waals surface area contributed by atoms with Crippen LogP contribution in [0, 0.1) is 56.8 Å². The van der Waals surface area contributed by atoms with Crippen LogP contribution >= 0.6 is 0 Å². The molecule has 4 saturated carbocycles. The van der Waals surface area contributed by atoms with Crippen LogP contribution in [0.4, 0.5) is 0 Å². The third kappa shape index (κ3) is 4.64. The van der Waals surface area contributed by atoms with Gasteiger partial charge in [0.25, 0.3) is 6.04 Å². The molecule has 4 fully saturated rings. The van der Waals surface area contributed by atoms with Gasteiger partial charge in [0.1, 0.15) is 6.61 Å². The van der Waals surface area contributed by atoms with Crippen molar-refractivity contribution in [1.82, 2.24) is 4.98 Å². The Morgan fingerprint density at radius 2 is 1.65 bits per heavy atom. The molecule has 254 valence electrons. The number of aromatic nitrogens is 1. The number of esters is 1. The van der Waals surface area contributed by atoms with Gasteiger partial charge in [0.2, 0.25) is 5.78 Å². The molecular weight excluding hydrogens is 592 g/mol. The molecule has 1 aromatic carbocycles. The number of rotatable bonds is 4. The smallest absolute Gasteiger partial charge is 0.313 e. The Hall–Kier alpha value is -3.26. The van der Waals surface area contributed by atoms with Gasteiger partial charge in [0.15, 0.2) is 0 Å². The Bertz CT molecular complexity index is 1690. The van der Waals surface area contributed by atoms with Crippen molar-refractivity contribution < 1.29 is 14.3 Å². The molecule has 0 N–H and O–H groups in total. The number of allylic oxidation sites excluding steroid dienone is 2. The van der Waals surface area contributed by atoms with Crippen LogP contribution < -0.4 is 0 Å². The summed E-state index contributed by atoms with van der Waals surface area (Å²) in [5.74, 6) is 0.733. The topological polar surface area (TPSA) is 60.6 Å². The second-order valence-corrected chi connectivity index (χ2v) is 18.3. The average Bonchev–Trinajstić information content (AvgIpc) is 3.06. The van der Waals surface area contributed by atoms with Gasteiger partial charge in [-0.25, -0.2) is 6.57 Å². The van der Waals surface area contributed by atoms with E-state index in [-0.39, 0.29) is 45.2 Å². The number of carbonyl (C=O) groups excluding carboxylic acids is 2. The summed E-state index contributed by atoms with van der Waals surface area (Å²) in [4.78, 5) is 36.9. The lowest BCUT2D eigenvalue weighted by Crippen LogP contribution is -2.66. The largest absolute Gasteiger partial charge is 0.460 e. The fourth-order valence-electron chi connectivity index (χ4n) is 12.5. The highest BCUT2D eigenvalue weighted by Gasteiger charge is 2.72. The lowest BCUT2D eigenvalue weighted by atomic mass is 9.32. The number of pyridine rings is 1. The number of ether oxygens (including phenoxy) is 1. The maximum absolute atomic E-state index is 14.6. The van der Waals surface area contributed by atoms with Gasteiger partial charge >= 0.3 is 5.97 Å². The molecule has 5 aliphatic carbocycles. The molecule has 5 nitrogen and oxygen atoms in total. The summed E-state index contributed by atoms with van der Waals surface area (Å²) in [5.41, 5.74) is 3.73. The molecule has 48 heavy (non-hydrogen) atoms. The Labute approximate surface area is 288 Å². The summed E-state index contributed by atoms with van der Waals surface area (Å²) in [6.07, 6.45) is 12.1. The van der Waals surface area contributed by atoms with Crippen molar-refractivity contribution in [2.75, 3.05) is 0 Å². The minimum Gasteiger partial charge on any atom is -0.460 e. The van der Waals surface area contributed by atoms with Crippen molar-refractivity contribution in [3.8, 4) is 0 Å². The molecule has 0 radical (unpaired) electrons. The van der Waals surface area contributed by atoms with Crippen molar-refractivity contribution in [3.05, 3.63) is 83.0 Å². The van der Waals surface area contributed by atoms with Crippen molar-refractivity contribution in [1.29, 1.82) is 0 Å². The molecule has 0 bridgehead atoms. The van der Waals surface area contributed by atoms with Crippen molar-refractivity contribution in [2.24, 2.45) is 50.2 Å². The Kier molecular flexibility index (Phi) is 7.71. The first-order valence-corrected chi connectivity index (χ1v) is 18.4. The molecule has 1 aromatic heterocycles. The molecular formula is C43H54N2O3. The van der Waals surface area contributed by atoms with E-state index in [0.717, 1.165) is 62.5 Å². The second kappa shape index (κ2) is 11.1. The van der Waals surface area contributed by atoms with Crippen LogP contribution in [-0.2, 0) is 20.9 Å². The van der Waals surface area contributed by atoms with E-state index in [4.69, 9.17) is 11.3 Å². The molecule has 0 aliphatic heterocycles. The van der Waals surface area contributed by atoms with Crippen LogP contribution in [0.2, 0.25) is 0 Å². The number of carbonyl (C=O) groups is 2. The Morgan fingerprint density at radius 3 is 2.33 bits per heavy atom. The molecule has 5 heteroatoms. The van der Waals surface area contributed by atoms with Crippen LogP contribution in [0.5, 0.6) is 0 Å². The van der Waals surface area contributed by atoms with E-state index in [1.807, 2.05) is 48.8 Å². The second-order valence-electron chi connectivity index (χ2n) is 18.3. The normalized spacial score (nSPS) is 39.6. The minimum atomic E-state index is -0.582. The molecule has 0 saturated heterocycles. The average molecular weight is 647 g/mol. The van der Waals surface area contributed by atoms with Crippen molar-refractivity contribution in [3.63, 3.8) is 0 Å². The number of nitrogens with zero attached hydrogens (tertiary/aromatic N) is 2. The minimum absolute atomic E-state index is 0.0256. The lowest BCUT2D eigenvalue weighted by molar-refractivity contribution is -0.191. The van der Waals surface area contributed by atoms with Crippen LogP contribution in [0.1, 0.15) is 117 Å². The molecule has 0 spiro atoms. The fraction of sp³-hybridized carbons (Fsp3) is 0.628. The molecule has 7 rings (SSSR count). The van der Waals surface area contributed by atoms with Crippen LogP contribution in [-0.4, -0.2) is 22.8 Å². The summed E-state index contributed by atoms with van der Waals surface area (Å²) in [7, 11) is 0. The number of hydrogen-bond acceptors (Lipinski definition) is 4. The van der Waals surface area contributed by atoms with Crippen molar-refractivity contribution >= 4 is 17.3 Å². The first kappa shape index (κ1) is 33.2. The van der Waals surface area contributed by atoms with Gasteiger partial charge in [0, 0.05) is 24.2 Å². The Morgan fingerprint density at radius 1 is 0.917 bits per heavy atom. The standard InChI is InChI=1S/C43H54N2O3/c1-38(2)18-20-43(37(47)48-27-28-13-10-9-11-14-28)21-19-42(7)35(31(43)24-38)30(29-15-12-22-45-26-29)23-34-40(5)25-32(44-8)36(46)39(3,4)33(40)16-17-41(34,42)6/h9-15,22,26,31-34H,16-21,23-25,27H2,1-7H3/t31-,32?,33-,34?,40-,41+,42+,43-/m0/s1. The van der Waals surface area contributed by atoms with E-state index >= 15 is 0 Å². The van der Waals surface area contributed by atoms with Gasteiger partial charge in [-0.15, -0.1) is 0 Å².